The fourth-order valence-electron chi connectivity index (χ4n) is 1.72. The highest BCUT2D eigenvalue weighted by Crippen LogP contribution is 2.47. The van der Waals surface area contributed by atoms with E-state index in [-0.39, 0.29) is 9.79 Å². The monoisotopic (exact) mass is 276 g/mol. The second-order valence-corrected chi connectivity index (χ2v) is 7.09. The number of hydrogen-bond acceptors (Lipinski definition) is 4. The highest BCUT2D eigenvalue weighted by Gasteiger charge is 2.43. The minimum atomic E-state index is -3.50. The molecule has 0 bridgehead atoms. The summed E-state index contributed by atoms with van der Waals surface area (Å²) in [7, 11) is -3.50. The molecule has 0 spiro atoms. The highest BCUT2D eigenvalue weighted by atomic mass is 32.2. The van der Waals surface area contributed by atoms with E-state index in [1.807, 2.05) is 0 Å². The standard InChI is InChI=1S/C11H13FO3S2/c1-16-10-8(12)5-7(11(13)3-4-11)6-9(10)17(2,14)15/h5-6,13H,3-4H2,1-2H3. The van der Waals surface area contributed by atoms with Gasteiger partial charge < -0.3 is 5.11 Å². The molecule has 0 saturated heterocycles. The number of hydrogen-bond donors (Lipinski definition) is 1. The van der Waals surface area contributed by atoms with E-state index in [2.05, 4.69) is 0 Å². The lowest BCUT2D eigenvalue weighted by Crippen LogP contribution is -2.09. The summed E-state index contributed by atoms with van der Waals surface area (Å²) in [6, 6.07) is 2.62. The molecule has 1 N–H and O–H groups in total. The van der Waals surface area contributed by atoms with Gasteiger partial charge in [-0.3, -0.25) is 0 Å². The number of halogens is 1. The molecule has 0 heterocycles. The van der Waals surface area contributed by atoms with Crippen molar-refractivity contribution in [1.29, 1.82) is 0 Å². The quantitative estimate of drug-likeness (QED) is 0.857. The Morgan fingerprint density at radius 1 is 1.41 bits per heavy atom. The van der Waals surface area contributed by atoms with Crippen molar-refractivity contribution in [3.63, 3.8) is 0 Å². The van der Waals surface area contributed by atoms with E-state index in [1.165, 1.54) is 12.1 Å². The van der Waals surface area contributed by atoms with Crippen LogP contribution in [0.2, 0.25) is 0 Å². The predicted octanol–water partition coefficient (Wildman–Crippen LogP) is 1.93. The van der Waals surface area contributed by atoms with E-state index < -0.39 is 21.3 Å². The van der Waals surface area contributed by atoms with Gasteiger partial charge in [0.1, 0.15) is 5.82 Å². The Morgan fingerprint density at radius 2 is 2.00 bits per heavy atom. The van der Waals surface area contributed by atoms with Crippen LogP contribution in [0.3, 0.4) is 0 Å². The minimum Gasteiger partial charge on any atom is -0.385 e. The molecule has 1 fully saturated rings. The first-order chi connectivity index (χ1) is 7.78. The molecule has 1 aromatic rings. The molecule has 0 atom stereocenters. The number of aliphatic hydroxyl groups is 1. The van der Waals surface area contributed by atoms with E-state index in [9.17, 15) is 17.9 Å². The smallest absolute Gasteiger partial charge is 0.176 e. The molecule has 1 aliphatic carbocycles. The zero-order chi connectivity index (χ0) is 12.8. The van der Waals surface area contributed by atoms with Crippen LogP contribution in [-0.2, 0) is 15.4 Å². The van der Waals surface area contributed by atoms with E-state index in [4.69, 9.17) is 0 Å². The number of benzene rings is 1. The van der Waals surface area contributed by atoms with Crippen LogP contribution in [-0.4, -0.2) is 26.0 Å². The van der Waals surface area contributed by atoms with Crippen LogP contribution < -0.4 is 0 Å². The predicted molar refractivity (Wildman–Crippen MR) is 64.4 cm³/mol. The molecule has 1 aliphatic rings. The summed E-state index contributed by atoms with van der Waals surface area (Å²) in [4.78, 5) is 0.0702. The van der Waals surface area contributed by atoms with Gasteiger partial charge in [0.15, 0.2) is 9.84 Å². The second-order valence-electron chi connectivity index (χ2n) is 4.29. The third-order valence-corrected chi connectivity index (χ3v) is 4.95. The molecule has 1 aromatic carbocycles. The van der Waals surface area contributed by atoms with Gasteiger partial charge in [0, 0.05) is 6.26 Å². The first kappa shape index (κ1) is 12.9. The molecule has 3 nitrogen and oxygen atoms in total. The lowest BCUT2D eigenvalue weighted by atomic mass is 10.1. The lowest BCUT2D eigenvalue weighted by molar-refractivity contribution is 0.150. The molecule has 0 radical (unpaired) electrons. The Labute approximate surface area is 104 Å². The van der Waals surface area contributed by atoms with Crippen molar-refractivity contribution >= 4 is 21.6 Å². The largest absolute Gasteiger partial charge is 0.385 e. The first-order valence-electron chi connectivity index (χ1n) is 5.08. The van der Waals surface area contributed by atoms with Crippen LogP contribution in [0.25, 0.3) is 0 Å². The number of thioether (sulfide) groups is 1. The summed E-state index contributed by atoms with van der Waals surface area (Å²) >= 11 is 1.05. The highest BCUT2D eigenvalue weighted by molar-refractivity contribution is 7.99. The van der Waals surface area contributed by atoms with Gasteiger partial charge in [0.2, 0.25) is 0 Å². The lowest BCUT2D eigenvalue weighted by Gasteiger charge is -2.13. The molecule has 17 heavy (non-hydrogen) atoms. The van der Waals surface area contributed by atoms with E-state index in [1.54, 1.807) is 6.26 Å². The van der Waals surface area contributed by atoms with Crippen molar-refractivity contribution in [3.05, 3.63) is 23.5 Å². The van der Waals surface area contributed by atoms with Crippen molar-refractivity contribution in [2.24, 2.45) is 0 Å². The average molecular weight is 276 g/mol. The molecular formula is C11H13FO3S2. The van der Waals surface area contributed by atoms with Gasteiger partial charge in [0.05, 0.1) is 15.4 Å². The zero-order valence-corrected chi connectivity index (χ0v) is 11.2. The molecule has 0 unspecified atom stereocenters. The average Bonchev–Trinajstić information content (AvgIpc) is 2.95. The Morgan fingerprint density at radius 3 is 2.41 bits per heavy atom. The summed E-state index contributed by atoms with van der Waals surface area (Å²) in [6.45, 7) is 0. The Balaban J connectivity index is 2.67. The van der Waals surface area contributed by atoms with Gasteiger partial charge in [-0.05, 0) is 36.8 Å². The van der Waals surface area contributed by atoms with Gasteiger partial charge in [-0.2, -0.15) is 0 Å². The number of sulfone groups is 1. The normalized spacial score (nSPS) is 18.1. The van der Waals surface area contributed by atoms with Gasteiger partial charge in [-0.15, -0.1) is 11.8 Å². The maximum absolute atomic E-state index is 13.8. The van der Waals surface area contributed by atoms with Crippen molar-refractivity contribution in [3.8, 4) is 0 Å². The van der Waals surface area contributed by atoms with Crippen LogP contribution in [0.15, 0.2) is 21.9 Å². The van der Waals surface area contributed by atoms with Crippen LogP contribution >= 0.6 is 11.8 Å². The maximum atomic E-state index is 13.8. The van der Waals surface area contributed by atoms with Crippen molar-refractivity contribution in [1.82, 2.24) is 0 Å². The Hall–Kier alpha value is -0.590. The summed E-state index contributed by atoms with van der Waals surface area (Å²) in [6.07, 6.45) is 3.77. The van der Waals surface area contributed by atoms with Gasteiger partial charge in [-0.25, -0.2) is 12.8 Å². The molecule has 6 heteroatoms. The van der Waals surface area contributed by atoms with Crippen LogP contribution in [0, 0.1) is 5.82 Å². The van der Waals surface area contributed by atoms with Crippen LogP contribution in [0.4, 0.5) is 4.39 Å². The van der Waals surface area contributed by atoms with Gasteiger partial charge in [0.25, 0.3) is 0 Å². The van der Waals surface area contributed by atoms with E-state index >= 15 is 0 Å². The number of rotatable bonds is 3. The summed E-state index contributed by atoms with van der Waals surface area (Å²) in [5.74, 6) is -0.587. The van der Waals surface area contributed by atoms with Gasteiger partial charge in [-0.1, -0.05) is 0 Å². The molecule has 94 valence electrons. The summed E-state index contributed by atoms with van der Waals surface area (Å²) in [5.41, 5.74) is -0.676. The summed E-state index contributed by atoms with van der Waals surface area (Å²) in [5, 5.41) is 9.91. The molecule has 1 saturated carbocycles. The fourth-order valence-corrected chi connectivity index (χ4v) is 3.71. The minimum absolute atomic E-state index is 0.0414. The third-order valence-electron chi connectivity index (χ3n) is 2.87. The molecule has 0 amide bonds. The third kappa shape index (κ3) is 2.34. The second kappa shape index (κ2) is 3.96. The van der Waals surface area contributed by atoms with E-state index in [0.717, 1.165) is 18.0 Å². The van der Waals surface area contributed by atoms with Crippen LogP contribution in [0.1, 0.15) is 18.4 Å². The SMILES string of the molecule is CSc1c(F)cc(C2(O)CC2)cc1S(C)(=O)=O. The molecule has 2 rings (SSSR count). The topological polar surface area (TPSA) is 54.4 Å². The molecule has 0 aromatic heterocycles. The molecular weight excluding hydrogens is 263 g/mol. The maximum Gasteiger partial charge on any atom is 0.176 e. The van der Waals surface area contributed by atoms with Crippen molar-refractivity contribution < 1.29 is 17.9 Å². The molecule has 0 aliphatic heterocycles. The first-order valence-corrected chi connectivity index (χ1v) is 8.20. The fraction of sp³-hybridized carbons (Fsp3) is 0.455. The van der Waals surface area contributed by atoms with Crippen molar-refractivity contribution in [2.45, 2.75) is 28.2 Å². The van der Waals surface area contributed by atoms with E-state index in [0.29, 0.717) is 18.4 Å². The Bertz CT molecular complexity index is 562. The summed E-state index contributed by atoms with van der Waals surface area (Å²) < 4.78 is 37.0. The Kier molecular flexibility index (Phi) is 3.00. The van der Waals surface area contributed by atoms with Crippen LogP contribution in [0.5, 0.6) is 0 Å². The van der Waals surface area contributed by atoms with Gasteiger partial charge >= 0.3 is 0 Å². The van der Waals surface area contributed by atoms with Crippen molar-refractivity contribution in [2.75, 3.05) is 12.5 Å². The zero-order valence-electron chi connectivity index (χ0n) is 9.53.